The lowest BCUT2D eigenvalue weighted by Gasteiger charge is -2.07. The standard InChI is InChI=1S/C9H8BrClO/c1-3-6-4-7(11)5-8(10)9(6)12-2/h3-5H,1H2,2H3. The van der Waals surface area contributed by atoms with E-state index in [0.29, 0.717) is 5.02 Å². The molecule has 0 aliphatic heterocycles. The quantitative estimate of drug-likeness (QED) is 0.773. The number of hydrogen-bond donors (Lipinski definition) is 0. The van der Waals surface area contributed by atoms with Gasteiger partial charge in [0.05, 0.1) is 11.6 Å². The summed E-state index contributed by atoms with van der Waals surface area (Å²) in [7, 11) is 1.61. The van der Waals surface area contributed by atoms with Gasteiger partial charge in [-0.2, -0.15) is 0 Å². The van der Waals surface area contributed by atoms with E-state index in [2.05, 4.69) is 22.5 Å². The van der Waals surface area contributed by atoms with E-state index in [1.807, 2.05) is 0 Å². The average molecular weight is 248 g/mol. The monoisotopic (exact) mass is 246 g/mol. The zero-order valence-electron chi connectivity index (χ0n) is 6.60. The summed E-state index contributed by atoms with van der Waals surface area (Å²) in [5.41, 5.74) is 0.886. The third kappa shape index (κ3) is 1.82. The minimum absolute atomic E-state index is 0.664. The molecule has 12 heavy (non-hydrogen) atoms. The number of hydrogen-bond acceptors (Lipinski definition) is 1. The number of benzene rings is 1. The Labute approximate surface area is 85.1 Å². The molecule has 0 aliphatic carbocycles. The average Bonchev–Trinajstić information content (AvgIpc) is 2.03. The number of ether oxygens (including phenoxy) is 1. The van der Waals surface area contributed by atoms with Crippen LogP contribution in [0.1, 0.15) is 5.56 Å². The summed E-state index contributed by atoms with van der Waals surface area (Å²) in [6.07, 6.45) is 1.70. The molecule has 0 aromatic heterocycles. The first kappa shape index (κ1) is 9.62. The predicted octanol–water partition coefficient (Wildman–Crippen LogP) is 3.75. The number of rotatable bonds is 2. The van der Waals surface area contributed by atoms with Gasteiger partial charge >= 0.3 is 0 Å². The van der Waals surface area contributed by atoms with Crippen LogP contribution in [0.15, 0.2) is 23.2 Å². The first-order valence-corrected chi connectivity index (χ1v) is 4.51. The van der Waals surface area contributed by atoms with E-state index in [1.54, 1.807) is 25.3 Å². The van der Waals surface area contributed by atoms with Gasteiger partial charge in [-0.3, -0.25) is 0 Å². The molecule has 3 heteroatoms. The van der Waals surface area contributed by atoms with Crippen molar-refractivity contribution in [3.63, 3.8) is 0 Å². The van der Waals surface area contributed by atoms with Gasteiger partial charge in [-0.1, -0.05) is 24.3 Å². The van der Waals surface area contributed by atoms with Crippen molar-refractivity contribution in [2.45, 2.75) is 0 Å². The van der Waals surface area contributed by atoms with E-state index in [4.69, 9.17) is 16.3 Å². The molecule has 0 unspecified atom stereocenters. The SMILES string of the molecule is C=Cc1cc(Cl)cc(Br)c1OC. The molecule has 64 valence electrons. The third-order valence-corrected chi connectivity index (χ3v) is 2.27. The first-order chi connectivity index (χ1) is 5.69. The van der Waals surface area contributed by atoms with E-state index < -0.39 is 0 Å². The van der Waals surface area contributed by atoms with Crippen molar-refractivity contribution in [2.75, 3.05) is 7.11 Å². The van der Waals surface area contributed by atoms with Crippen molar-refractivity contribution < 1.29 is 4.74 Å². The molecule has 0 atom stereocenters. The molecule has 0 saturated heterocycles. The normalized spacial score (nSPS) is 9.58. The fourth-order valence-electron chi connectivity index (χ4n) is 0.947. The van der Waals surface area contributed by atoms with Crippen molar-refractivity contribution >= 4 is 33.6 Å². The van der Waals surface area contributed by atoms with E-state index in [-0.39, 0.29) is 0 Å². The van der Waals surface area contributed by atoms with E-state index >= 15 is 0 Å². The van der Waals surface area contributed by atoms with Crippen LogP contribution in [-0.2, 0) is 0 Å². The molecule has 0 radical (unpaired) electrons. The highest BCUT2D eigenvalue weighted by molar-refractivity contribution is 9.10. The Morgan fingerprint density at radius 3 is 2.75 bits per heavy atom. The second kappa shape index (κ2) is 3.97. The van der Waals surface area contributed by atoms with Crippen LogP contribution < -0.4 is 4.74 Å². The maximum absolute atomic E-state index is 5.82. The fraction of sp³-hybridized carbons (Fsp3) is 0.111. The van der Waals surface area contributed by atoms with Crippen molar-refractivity contribution in [3.05, 3.63) is 33.8 Å². The van der Waals surface area contributed by atoms with Crippen LogP contribution in [0.25, 0.3) is 6.08 Å². The Morgan fingerprint density at radius 1 is 1.58 bits per heavy atom. The first-order valence-electron chi connectivity index (χ1n) is 3.34. The minimum atomic E-state index is 0.664. The fourth-order valence-corrected chi connectivity index (χ4v) is 1.94. The van der Waals surface area contributed by atoms with E-state index in [1.165, 1.54) is 0 Å². The largest absolute Gasteiger partial charge is 0.495 e. The van der Waals surface area contributed by atoms with Gasteiger partial charge in [0.2, 0.25) is 0 Å². The molecule has 0 fully saturated rings. The summed E-state index contributed by atoms with van der Waals surface area (Å²) in [5, 5.41) is 0.664. The summed E-state index contributed by atoms with van der Waals surface area (Å²) in [5.74, 6) is 0.759. The van der Waals surface area contributed by atoms with Crippen LogP contribution in [0.3, 0.4) is 0 Å². The molecule has 0 aliphatic rings. The van der Waals surface area contributed by atoms with Gasteiger partial charge < -0.3 is 4.74 Å². The van der Waals surface area contributed by atoms with Crippen LogP contribution in [0.5, 0.6) is 5.75 Å². The maximum Gasteiger partial charge on any atom is 0.140 e. The molecule has 1 aromatic carbocycles. The van der Waals surface area contributed by atoms with Crippen molar-refractivity contribution in [3.8, 4) is 5.75 Å². The Hall–Kier alpha value is -0.470. The van der Waals surface area contributed by atoms with Crippen molar-refractivity contribution in [1.82, 2.24) is 0 Å². The molecule has 0 bridgehead atoms. The highest BCUT2D eigenvalue weighted by Crippen LogP contribution is 2.32. The van der Waals surface area contributed by atoms with Gasteiger partial charge in [-0.25, -0.2) is 0 Å². The minimum Gasteiger partial charge on any atom is -0.495 e. The molecule has 0 N–H and O–H groups in total. The van der Waals surface area contributed by atoms with Gasteiger partial charge in [-0.15, -0.1) is 0 Å². The molecule has 0 amide bonds. The van der Waals surface area contributed by atoms with Gasteiger partial charge in [0.1, 0.15) is 5.75 Å². The molecule has 1 nitrogen and oxygen atoms in total. The Kier molecular flexibility index (Phi) is 3.18. The molecule has 0 saturated carbocycles. The molecule has 1 rings (SSSR count). The van der Waals surface area contributed by atoms with Gasteiger partial charge in [0, 0.05) is 10.6 Å². The van der Waals surface area contributed by atoms with Crippen LogP contribution in [0.2, 0.25) is 5.02 Å². The molecular formula is C9H8BrClO. The smallest absolute Gasteiger partial charge is 0.140 e. The zero-order valence-corrected chi connectivity index (χ0v) is 8.95. The lowest BCUT2D eigenvalue weighted by molar-refractivity contribution is 0.411. The van der Waals surface area contributed by atoms with E-state index in [9.17, 15) is 0 Å². The van der Waals surface area contributed by atoms with Crippen LogP contribution in [-0.4, -0.2) is 7.11 Å². The second-order valence-corrected chi connectivity index (χ2v) is 3.50. The number of methoxy groups -OCH3 is 1. The summed E-state index contributed by atoms with van der Waals surface area (Å²) >= 11 is 9.17. The highest BCUT2D eigenvalue weighted by Gasteiger charge is 2.05. The lowest BCUT2D eigenvalue weighted by atomic mass is 10.2. The van der Waals surface area contributed by atoms with Crippen LogP contribution >= 0.6 is 27.5 Å². The van der Waals surface area contributed by atoms with Gasteiger partial charge in [0.15, 0.2) is 0 Å². The van der Waals surface area contributed by atoms with Crippen LogP contribution in [0.4, 0.5) is 0 Å². The summed E-state index contributed by atoms with van der Waals surface area (Å²) in [4.78, 5) is 0. The summed E-state index contributed by atoms with van der Waals surface area (Å²) in [6.45, 7) is 3.66. The Bertz CT molecular complexity index is 310. The molecular weight excluding hydrogens is 239 g/mol. The van der Waals surface area contributed by atoms with Gasteiger partial charge in [-0.05, 0) is 28.1 Å². The topological polar surface area (TPSA) is 9.23 Å². The zero-order chi connectivity index (χ0) is 9.14. The second-order valence-electron chi connectivity index (χ2n) is 2.21. The Balaban J connectivity index is 3.33. The maximum atomic E-state index is 5.82. The lowest BCUT2D eigenvalue weighted by Crippen LogP contribution is -1.88. The third-order valence-electron chi connectivity index (χ3n) is 1.46. The van der Waals surface area contributed by atoms with E-state index in [0.717, 1.165) is 15.8 Å². The predicted molar refractivity (Wildman–Crippen MR) is 55.8 cm³/mol. The molecule has 1 aromatic rings. The van der Waals surface area contributed by atoms with Crippen molar-refractivity contribution in [2.24, 2.45) is 0 Å². The molecule has 0 spiro atoms. The highest BCUT2D eigenvalue weighted by atomic mass is 79.9. The van der Waals surface area contributed by atoms with Crippen molar-refractivity contribution in [1.29, 1.82) is 0 Å². The summed E-state index contributed by atoms with van der Waals surface area (Å²) in [6, 6.07) is 3.59. The summed E-state index contributed by atoms with van der Waals surface area (Å²) < 4.78 is 5.99. The van der Waals surface area contributed by atoms with Gasteiger partial charge in [0.25, 0.3) is 0 Å². The van der Waals surface area contributed by atoms with Crippen LogP contribution in [0, 0.1) is 0 Å². The Morgan fingerprint density at radius 2 is 2.25 bits per heavy atom. The molecule has 0 heterocycles. The number of halogens is 2.